The van der Waals surface area contributed by atoms with Gasteiger partial charge in [0.15, 0.2) is 5.82 Å². The molecular weight excluding hydrogens is 254 g/mol. The fraction of sp³-hybridized carbons (Fsp3) is 0. The Labute approximate surface area is 108 Å². The van der Waals surface area contributed by atoms with E-state index >= 15 is 0 Å². The molecule has 1 amide bonds. The van der Waals surface area contributed by atoms with Crippen molar-refractivity contribution < 1.29 is 4.79 Å². The lowest BCUT2D eigenvalue weighted by Gasteiger charge is -2.06. The van der Waals surface area contributed by atoms with Crippen molar-refractivity contribution in [3.63, 3.8) is 0 Å². The van der Waals surface area contributed by atoms with Gasteiger partial charge in [0.1, 0.15) is 5.82 Å². The Morgan fingerprint density at radius 3 is 2.83 bits per heavy atom. The highest BCUT2D eigenvalue weighted by Gasteiger charge is 2.09. The normalized spacial score (nSPS) is 9.89. The Morgan fingerprint density at radius 2 is 2.11 bits per heavy atom. The molecule has 0 aliphatic carbocycles. The SMILES string of the molecule is NNc1cc(C(=O)Nc2ncccc2Cl)ccn1. The molecule has 0 saturated carbocycles. The van der Waals surface area contributed by atoms with Gasteiger partial charge < -0.3 is 10.7 Å². The molecule has 0 aromatic carbocycles. The van der Waals surface area contributed by atoms with Gasteiger partial charge in [0.2, 0.25) is 0 Å². The molecule has 0 aliphatic heterocycles. The van der Waals surface area contributed by atoms with Crippen LogP contribution >= 0.6 is 11.6 Å². The monoisotopic (exact) mass is 263 g/mol. The third-order valence-electron chi connectivity index (χ3n) is 2.16. The van der Waals surface area contributed by atoms with Crippen molar-refractivity contribution in [1.29, 1.82) is 0 Å². The van der Waals surface area contributed by atoms with E-state index in [2.05, 4.69) is 20.7 Å². The molecule has 2 heterocycles. The van der Waals surface area contributed by atoms with E-state index in [1.807, 2.05) is 0 Å². The molecule has 0 spiro atoms. The van der Waals surface area contributed by atoms with Crippen LogP contribution in [0.1, 0.15) is 10.4 Å². The van der Waals surface area contributed by atoms with Crippen molar-refractivity contribution in [1.82, 2.24) is 9.97 Å². The van der Waals surface area contributed by atoms with Crippen molar-refractivity contribution in [2.45, 2.75) is 0 Å². The summed E-state index contributed by atoms with van der Waals surface area (Å²) in [6, 6.07) is 6.41. The summed E-state index contributed by atoms with van der Waals surface area (Å²) in [6.45, 7) is 0. The highest BCUT2D eigenvalue weighted by molar-refractivity contribution is 6.33. The smallest absolute Gasteiger partial charge is 0.257 e. The number of nitrogens with one attached hydrogen (secondary N) is 2. The van der Waals surface area contributed by atoms with E-state index in [1.165, 1.54) is 12.3 Å². The van der Waals surface area contributed by atoms with Crippen LogP contribution in [-0.2, 0) is 0 Å². The first-order valence-corrected chi connectivity index (χ1v) is 5.43. The first-order valence-electron chi connectivity index (χ1n) is 5.05. The maximum absolute atomic E-state index is 11.9. The molecule has 0 aliphatic rings. The molecule has 0 atom stereocenters. The first kappa shape index (κ1) is 12.3. The molecule has 18 heavy (non-hydrogen) atoms. The van der Waals surface area contributed by atoms with Crippen LogP contribution in [0.15, 0.2) is 36.7 Å². The number of rotatable bonds is 3. The maximum Gasteiger partial charge on any atom is 0.257 e. The number of hydrazine groups is 1. The van der Waals surface area contributed by atoms with Gasteiger partial charge >= 0.3 is 0 Å². The number of hydrogen-bond donors (Lipinski definition) is 3. The number of halogens is 1. The third-order valence-corrected chi connectivity index (χ3v) is 2.47. The predicted molar refractivity (Wildman–Crippen MR) is 69.2 cm³/mol. The molecule has 0 saturated heterocycles. The van der Waals surface area contributed by atoms with Gasteiger partial charge in [-0.05, 0) is 24.3 Å². The summed E-state index contributed by atoms with van der Waals surface area (Å²) in [4.78, 5) is 19.8. The van der Waals surface area contributed by atoms with Gasteiger partial charge in [0.05, 0.1) is 5.02 Å². The number of carbonyl (C=O) groups excluding carboxylic acids is 1. The van der Waals surface area contributed by atoms with Crippen molar-refractivity contribution in [3.05, 3.63) is 47.2 Å². The summed E-state index contributed by atoms with van der Waals surface area (Å²) in [5.74, 6) is 5.59. The average Bonchev–Trinajstić information content (AvgIpc) is 2.41. The standard InChI is InChI=1S/C11H10ClN5O/c12-8-2-1-4-15-10(8)16-11(18)7-3-5-14-9(6-7)17-13/h1-6H,13H2,(H,14,17)(H,15,16,18). The number of carbonyl (C=O) groups is 1. The molecule has 2 rings (SSSR count). The van der Waals surface area contributed by atoms with Gasteiger partial charge in [0, 0.05) is 18.0 Å². The molecule has 2 aromatic heterocycles. The first-order chi connectivity index (χ1) is 8.70. The summed E-state index contributed by atoms with van der Waals surface area (Å²) in [5.41, 5.74) is 2.77. The van der Waals surface area contributed by atoms with E-state index in [0.717, 1.165) is 0 Å². The van der Waals surface area contributed by atoms with Crippen molar-refractivity contribution in [2.24, 2.45) is 5.84 Å². The second kappa shape index (κ2) is 5.44. The zero-order valence-electron chi connectivity index (χ0n) is 9.22. The van der Waals surface area contributed by atoms with Crippen LogP contribution < -0.4 is 16.6 Å². The maximum atomic E-state index is 11.9. The summed E-state index contributed by atoms with van der Waals surface area (Å²) < 4.78 is 0. The molecule has 0 bridgehead atoms. The quantitative estimate of drug-likeness (QED) is 0.579. The van der Waals surface area contributed by atoms with Crippen LogP contribution in [0.2, 0.25) is 5.02 Å². The lowest BCUT2D eigenvalue weighted by atomic mass is 10.2. The Morgan fingerprint density at radius 1 is 1.28 bits per heavy atom. The molecule has 6 nitrogen and oxygen atoms in total. The van der Waals surface area contributed by atoms with Crippen molar-refractivity contribution in [2.75, 3.05) is 10.7 Å². The largest absolute Gasteiger partial charge is 0.308 e. The van der Waals surface area contributed by atoms with Gasteiger partial charge in [-0.2, -0.15) is 0 Å². The minimum Gasteiger partial charge on any atom is -0.308 e. The zero-order valence-corrected chi connectivity index (χ0v) is 9.98. The van der Waals surface area contributed by atoms with E-state index in [4.69, 9.17) is 17.4 Å². The number of nitrogens with zero attached hydrogens (tertiary/aromatic N) is 2. The fourth-order valence-corrected chi connectivity index (χ4v) is 1.48. The molecular formula is C11H10ClN5O. The minimum atomic E-state index is -0.338. The second-order valence-corrected chi connectivity index (χ2v) is 3.77. The van der Waals surface area contributed by atoms with E-state index in [-0.39, 0.29) is 5.91 Å². The van der Waals surface area contributed by atoms with Gasteiger partial charge in [0.25, 0.3) is 5.91 Å². The molecule has 4 N–H and O–H groups in total. The molecule has 0 unspecified atom stereocenters. The third kappa shape index (κ3) is 2.73. The van der Waals surface area contributed by atoms with Crippen LogP contribution in [0, 0.1) is 0 Å². The number of anilines is 2. The van der Waals surface area contributed by atoms with E-state index in [9.17, 15) is 4.79 Å². The van der Waals surface area contributed by atoms with Crippen LogP contribution in [0.4, 0.5) is 11.6 Å². The van der Waals surface area contributed by atoms with Gasteiger partial charge in [-0.25, -0.2) is 15.8 Å². The fourth-order valence-electron chi connectivity index (χ4n) is 1.31. The number of hydrogen-bond acceptors (Lipinski definition) is 5. The summed E-state index contributed by atoms with van der Waals surface area (Å²) in [6.07, 6.45) is 3.02. The van der Waals surface area contributed by atoms with Crippen LogP contribution in [-0.4, -0.2) is 15.9 Å². The molecule has 0 radical (unpaired) electrons. The second-order valence-electron chi connectivity index (χ2n) is 3.36. The summed E-state index contributed by atoms with van der Waals surface area (Å²) in [7, 11) is 0. The Bertz CT molecular complexity index is 575. The number of pyridine rings is 2. The molecule has 2 aromatic rings. The Hall–Kier alpha value is -2.18. The molecule has 92 valence electrons. The summed E-state index contributed by atoms with van der Waals surface area (Å²) >= 11 is 5.89. The van der Waals surface area contributed by atoms with Crippen LogP contribution in [0.25, 0.3) is 0 Å². The van der Waals surface area contributed by atoms with Gasteiger partial charge in [-0.15, -0.1) is 0 Å². The van der Waals surface area contributed by atoms with Gasteiger partial charge in [-0.1, -0.05) is 11.6 Å². The van der Waals surface area contributed by atoms with E-state index < -0.39 is 0 Å². The minimum absolute atomic E-state index is 0.309. The van der Waals surface area contributed by atoms with Crippen LogP contribution in [0.5, 0.6) is 0 Å². The van der Waals surface area contributed by atoms with Crippen molar-refractivity contribution >= 4 is 29.1 Å². The van der Waals surface area contributed by atoms with Crippen LogP contribution in [0.3, 0.4) is 0 Å². The van der Waals surface area contributed by atoms with E-state index in [1.54, 1.807) is 24.4 Å². The number of nitrogens with two attached hydrogens (primary N) is 1. The Balaban J connectivity index is 2.19. The number of aromatic nitrogens is 2. The highest BCUT2D eigenvalue weighted by Crippen LogP contribution is 2.18. The number of amides is 1. The lowest BCUT2D eigenvalue weighted by molar-refractivity contribution is 0.102. The van der Waals surface area contributed by atoms with E-state index in [0.29, 0.717) is 22.2 Å². The highest BCUT2D eigenvalue weighted by atomic mass is 35.5. The number of nitrogen functional groups attached to an aromatic ring is 1. The topological polar surface area (TPSA) is 92.9 Å². The molecule has 0 fully saturated rings. The molecule has 7 heteroatoms. The lowest BCUT2D eigenvalue weighted by Crippen LogP contribution is -2.15. The summed E-state index contributed by atoms with van der Waals surface area (Å²) in [5, 5.41) is 2.97. The van der Waals surface area contributed by atoms with Gasteiger partial charge in [-0.3, -0.25) is 4.79 Å². The average molecular weight is 264 g/mol. The predicted octanol–water partition coefficient (Wildman–Crippen LogP) is 1.67. The zero-order chi connectivity index (χ0) is 13.0. The Kier molecular flexibility index (Phi) is 3.71. The van der Waals surface area contributed by atoms with Crippen molar-refractivity contribution in [3.8, 4) is 0 Å².